The minimum atomic E-state index is 0.0430. The van der Waals surface area contributed by atoms with Crippen LogP contribution in [-0.4, -0.2) is 43.8 Å². The van der Waals surface area contributed by atoms with Gasteiger partial charge in [-0.2, -0.15) is 0 Å². The predicted octanol–water partition coefficient (Wildman–Crippen LogP) is 0.827. The zero-order valence-corrected chi connectivity index (χ0v) is 8.38. The van der Waals surface area contributed by atoms with E-state index in [-0.39, 0.29) is 12.1 Å². The summed E-state index contributed by atoms with van der Waals surface area (Å²) in [5.41, 5.74) is 0. The Morgan fingerprint density at radius 2 is 2.46 bits per heavy atom. The monoisotopic (exact) mass is 186 g/mol. The predicted molar refractivity (Wildman–Crippen MR) is 50.7 cm³/mol. The number of likely N-dealkylation sites (tertiary alicyclic amines) is 1. The van der Waals surface area contributed by atoms with Crippen molar-refractivity contribution in [2.24, 2.45) is 0 Å². The van der Waals surface area contributed by atoms with Gasteiger partial charge in [0.2, 0.25) is 0 Å². The fourth-order valence-electron chi connectivity index (χ4n) is 1.45. The summed E-state index contributed by atoms with van der Waals surface area (Å²) < 4.78 is 5.17. The van der Waals surface area contributed by atoms with Gasteiger partial charge in [-0.3, -0.25) is 0 Å². The summed E-state index contributed by atoms with van der Waals surface area (Å²) in [4.78, 5) is 13.2. The molecule has 1 aliphatic rings. The summed E-state index contributed by atoms with van der Waals surface area (Å²) in [6.07, 6.45) is 2.16. The molecular weight excluding hydrogens is 168 g/mol. The first-order valence-electron chi connectivity index (χ1n) is 4.83. The molecule has 1 rings (SSSR count). The molecule has 0 saturated carbocycles. The third kappa shape index (κ3) is 2.88. The molecule has 2 amide bonds. The van der Waals surface area contributed by atoms with Crippen LogP contribution in [-0.2, 0) is 4.74 Å². The van der Waals surface area contributed by atoms with Crippen molar-refractivity contribution in [3.63, 3.8) is 0 Å². The van der Waals surface area contributed by atoms with E-state index in [0.29, 0.717) is 0 Å². The van der Waals surface area contributed by atoms with E-state index in [1.54, 1.807) is 7.11 Å². The lowest BCUT2D eigenvalue weighted by atomic mass is 10.3. The number of ether oxygens (including phenoxy) is 1. The fraction of sp³-hybridized carbons (Fsp3) is 0.889. The summed E-state index contributed by atoms with van der Waals surface area (Å²) >= 11 is 0. The average molecular weight is 186 g/mol. The smallest absolute Gasteiger partial charge is 0.317 e. The van der Waals surface area contributed by atoms with Crippen LogP contribution in [0.25, 0.3) is 0 Å². The van der Waals surface area contributed by atoms with E-state index in [9.17, 15) is 4.79 Å². The molecule has 0 aliphatic carbocycles. The Kier molecular flexibility index (Phi) is 4.02. The van der Waals surface area contributed by atoms with Crippen molar-refractivity contribution < 1.29 is 9.53 Å². The molecule has 1 atom stereocenters. The highest BCUT2D eigenvalue weighted by molar-refractivity contribution is 5.74. The maximum absolute atomic E-state index is 11.4. The van der Waals surface area contributed by atoms with Crippen LogP contribution in [0.2, 0.25) is 0 Å². The Morgan fingerprint density at radius 3 is 3.00 bits per heavy atom. The maximum Gasteiger partial charge on any atom is 0.317 e. The van der Waals surface area contributed by atoms with Crippen molar-refractivity contribution in [2.75, 3.05) is 26.7 Å². The van der Waals surface area contributed by atoms with Crippen molar-refractivity contribution in [3.05, 3.63) is 0 Å². The maximum atomic E-state index is 11.4. The largest absolute Gasteiger partial charge is 0.380 e. The second kappa shape index (κ2) is 5.07. The normalized spacial score (nSPS) is 22.0. The van der Waals surface area contributed by atoms with Crippen molar-refractivity contribution in [2.45, 2.75) is 25.9 Å². The molecule has 0 aromatic rings. The van der Waals surface area contributed by atoms with E-state index < -0.39 is 0 Å². The van der Waals surface area contributed by atoms with Gasteiger partial charge >= 0.3 is 6.03 Å². The molecule has 0 aromatic carbocycles. The van der Waals surface area contributed by atoms with Crippen molar-refractivity contribution in [1.29, 1.82) is 0 Å². The molecule has 1 fully saturated rings. The summed E-state index contributed by atoms with van der Waals surface area (Å²) in [6, 6.07) is 0.0430. The number of amides is 2. The second-order valence-electron chi connectivity index (χ2n) is 3.32. The van der Waals surface area contributed by atoms with Crippen LogP contribution in [0.15, 0.2) is 0 Å². The molecule has 76 valence electrons. The Labute approximate surface area is 79.2 Å². The Balaban J connectivity index is 2.25. The Morgan fingerprint density at radius 1 is 1.69 bits per heavy atom. The molecule has 1 heterocycles. The van der Waals surface area contributed by atoms with E-state index in [1.807, 2.05) is 11.8 Å². The lowest BCUT2D eigenvalue weighted by Gasteiger charge is -2.16. The van der Waals surface area contributed by atoms with Crippen LogP contribution >= 0.6 is 0 Å². The van der Waals surface area contributed by atoms with Gasteiger partial charge in [0.15, 0.2) is 0 Å². The average Bonchev–Trinajstić information content (AvgIpc) is 2.62. The molecule has 0 radical (unpaired) electrons. The molecule has 4 nitrogen and oxygen atoms in total. The number of carbonyl (C=O) groups excluding carboxylic acids is 1. The van der Waals surface area contributed by atoms with Gasteiger partial charge in [0.1, 0.15) is 0 Å². The van der Waals surface area contributed by atoms with Gasteiger partial charge < -0.3 is 15.0 Å². The number of hydrogen-bond donors (Lipinski definition) is 1. The molecule has 0 bridgehead atoms. The van der Waals surface area contributed by atoms with Gasteiger partial charge in [-0.05, 0) is 12.8 Å². The van der Waals surface area contributed by atoms with Crippen LogP contribution in [0, 0.1) is 0 Å². The second-order valence-corrected chi connectivity index (χ2v) is 3.32. The SMILES string of the molecule is CCCNC(=O)N1CCC(OC)C1. The number of nitrogens with one attached hydrogen (secondary N) is 1. The zero-order valence-electron chi connectivity index (χ0n) is 8.38. The zero-order chi connectivity index (χ0) is 9.68. The Bertz CT molecular complexity index is 173. The minimum absolute atomic E-state index is 0.0430. The number of methoxy groups -OCH3 is 1. The van der Waals surface area contributed by atoms with Crippen molar-refractivity contribution in [1.82, 2.24) is 10.2 Å². The third-order valence-corrected chi connectivity index (χ3v) is 2.29. The molecular formula is C9H18N2O2. The third-order valence-electron chi connectivity index (χ3n) is 2.29. The Hall–Kier alpha value is -0.770. The summed E-state index contributed by atoms with van der Waals surface area (Å²) in [7, 11) is 1.69. The van der Waals surface area contributed by atoms with Crippen LogP contribution in [0.4, 0.5) is 4.79 Å². The van der Waals surface area contributed by atoms with Gasteiger partial charge in [0.25, 0.3) is 0 Å². The summed E-state index contributed by atoms with van der Waals surface area (Å²) in [6.45, 7) is 4.34. The van der Waals surface area contributed by atoms with Gasteiger partial charge in [-0.25, -0.2) is 4.79 Å². The lowest BCUT2D eigenvalue weighted by Crippen LogP contribution is -2.39. The summed E-state index contributed by atoms with van der Waals surface area (Å²) in [5, 5.41) is 2.85. The molecule has 0 spiro atoms. The molecule has 1 N–H and O–H groups in total. The number of hydrogen-bond acceptors (Lipinski definition) is 2. The van der Waals surface area contributed by atoms with Gasteiger partial charge in [-0.15, -0.1) is 0 Å². The van der Waals surface area contributed by atoms with Gasteiger partial charge in [0.05, 0.1) is 6.10 Å². The number of rotatable bonds is 3. The molecule has 0 aromatic heterocycles. The van der Waals surface area contributed by atoms with Crippen LogP contribution in [0.3, 0.4) is 0 Å². The molecule has 13 heavy (non-hydrogen) atoms. The van der Waals surface area contributed by atoms with Crippen LogP contribution < -0.4 is 5.32 Å². The molecule has 4 heteroatoms. The van der Waals surface area contributed by atoms with Crippen molar-refractivity contribution >= 4 is 6.03 Å². The fourth-order valence-corrected chi connectivity index (χ4v) is 1.45. The highest BCUT2D eigenvalue weighted by Crippen LogP contribution is 2.11. The quantitative estimate of drug-likeness (QED) is 0.709. The van der Waals surface area contributed by atoms with Gasteiger partial charge in [0, 0.05) is 26.7 Å². The highest BCUT2D eigenvalue weighted by atomic mass is 16.5. The molecule has 1 saturated heterocycles. The van der Waals surface area contributed by atoms with E-state index in [2.05, 4.69) is 5.32 Å². The van der Waals surface area contributed by atoms with E-state index in [4.69, 9.17) is 4.74 Å². The standard InChI is InChI=1S/C9H18N2O2/c1-3-5-10-9(12)11-6-4-8(7-11)13-2/h8H,3-7H2,1-2H3,(H,10,12). The summed E-state index contributed by atoms with van der Waals surface area (Å²) in [5.74, 6) is 0. The number of urea groups is 1. The van der Waals surface area contributed by atoms with E-state index in [1.165, 1.54) is 0 Å². The van der Waals surface area contributed by atoms with Crippen LogP contribution in [0.1, 0.15) is 19.8 Å². The minimum Gasteiger partial charge on any atom is -0.380 e. The van der Waals surface area contributed by atoms with Crippen LogP contribution in [0.5, 0.6) is 0 Å². The number of nitrogens with zero attached hydrogens (tertiary/aromatic N) is 1. The molecule has 1 aliphatic heterocycles. The lowest BCUT2D eigenvalue weighted by molar-refractivity contribution is 0.110. The van der Waals surface area contributed by atoms with Gasteiger partial charge in [-0.1, -0.05) is 6.92 Å². The first-order chi connectivity index (χ1) is 6.27. The first kappa shape index (κ1) is 10.3. The first-order valence-corrected chi connectivity index (χ1v) is 4.83. The van der Waals surface area contributed by atoms with E-state index in [0.717, 1.165) is 32.5 Å². The molecule has 1 unspecified atom stereocenters. The number of carbonyl (C=O) groups is 1. The highest BCUT2D eigenvalue weighted by Gasteiger charge is 2.25. The van der Waals surface area contributed by atoms with E-state index >= 15 is 0 Å². The van der Waals surface area contributed by atoms with Crippen molar-refractivity contribution in [3.8, 4) is 0 Å². The topological polar surface area (TPSA) is 41.6 Å².